The van der Waals surface area contributed by atoms with Crippen molar-refractivity contribution in [3.05, 3.63) is 35.4 Å². The van der Waals surface area contributed by atoms with Crippen LogP contribution >= 0.6 is 35.7 Å². The molecule has 0 saturated carbocycles. The number of thioether (sulfide) groups is 1. The van der Waals surface area contributed by atoms with Crippen molar-refractivity contribution in [1.82, 2.24) is 15.5 Å². The van der Waals surface area contributed by atoms with Crippen molar-refractivity contribution in [3.63, 3.8) is 0 Å². The highest BCUT2D eigenvalue weighted by Gasteiger charge is 2.29. The van der Waals surface area contributed by atoms with Crippen LogP contribution in [0, 0.1) is 0 Å². The van der Waals surface area contributed by atoms with Gasteiger partial charge in [0.2, 0.25) is 0 Å². The first-order chi connectivity index (χ1) is 12.4. The van der Waals surface area contributed by atoms with E-state index in [1.807, 2.05) is 30.0 Å². The molecule has 0 aromatic heterocycles. The SMILES string of the molecule is CCNC(=NCC1(C)CCCS1)NCCc1cccc(C(=O)N(C)C)c1.I. The predicted molar refractivity (Wildman–Crippen MR) is 128 cm³/mol. The van der Waals surface area contributed by atoms with E-state index in [9.17, 15) is 4.79 Å². The summed E-state index contributed by atoms with van der Waals surface area (Å²) in [5, 5.41) is 6.74. The second-order valence-electron chi connectivity index (χ2n) is 7.17. The number of carbonyl (C=O) groups is 1. The minimum Gasteiger partial charge on any atom is -0.357 e. The topological polar surface area (TPSA) is 56.7 Å². The maximum Gasteiger partial charge on any atom is 0.253 e. The van der Waals surface area contributed by atoms with Gasteiger partial charge in [-0.1, -0.05) is 12.1 Å². The van der Waals surface area contributed by atoms with Crippen molar-refractivity contribution in [2.75, 3.05) is 39.5 Å². The lowest BCUT2D eigenvalue weighted by Gasteiger charge is -2.21. The number of aliphatic imine (C=N–C) groups is 1. The van der Waals surface area contributed by atoms with Crippen LogP contribution in [0.3, 0.4) is 0 Å². The summed E-state index contributed by atoms with van der Waals surface area (Å²) in [6.07, 6.45) is 3.39. The number of hydrogen-bond acceptors (Lipinski definition) is 3. The van der Waals surface area contributed by atoms with Gasteiger partial charge in [0.25, 0.3) is 5.91 Å². The van der Waals surface area contributed by atoms with Gasteiger partial charge in [0.05, 0.1) is 6.54 Å². The fraction of sp³-hybridized carbons (Fsp3) is 0.600. The zero-order valence-electron chi connectivity index (χ0n) is 16.9. The van der Waals surface area contributed by atoms with Crippen molar-refractivity contribution in [1.29, 1.82) is 0 Å². The van der Waals surface area contributed by atoms with Crippen LogP contribution in [-0.2, 0) is 6.42 Å². The number of nitrogens with zero attached hydrogens (tertiary/aromatic N) is 2. The minimum atomic E-state index is 0. The van der Waals surface area contributed by atoms with Crippen molar-refractivity contribution in [3.8, 4) is 0 Å². The zero-order chi connectivity index (χ0) is 19.0. The summed E-state index contributed by atoms with van der Waals surface area (Å²) in [5.74, 6) is 2.16. The van der Waals surface area contributed by atoms with Crippen LogP contribution in [0.1, 0.15) is 42.6 Å². The summed E-state index contributed by atoms with van der Waals surface area (Å²) in [5.41, 5.74) is 1.89. The first kappa shape index (κ1) is 24.1. The average Bonchev–Trinajstić information content (AvgIpc) is 3.06. The van der Waals surface area contributed by atoms with E-state index in [0.29, 0.717) is 0 Å². The molecule has 1 amide bonds. The molecule has 1 aromatic rings. The third-order valence-electron chi connectivity index (χ3n) is 4.50. The molecular formula is C20H33IN4OS. The molecule has 7 heteroatoms. The molecule has 27 heavy (non-hydrogen) atoms. The Labute approximate surface area is 185 Å². The maximum absolute atomic E-state index is 12.1. The molecule has 5 nitrogen and oxygen atoms in total. The summed E-state index contributed by atoms with van der Waals surface area (Å²) >= 11 is 2.03. The smallest absolute Gasteiger partial charge is 0.253 e. The van der Waals surface area contributed by atoms with Gasteiger partial charge in [-0.2, -0.15) is 11.8 Å². The van der Waals surface area contributed by atoms with Gasteiger partial charge in [-0.15, -0.1) is 24.0 Å². The first-order valence-corrected chi connectivity index (χ1v) is 10.4. The lowest BCUT2D eigenvalue weighted by Crippen LogP contribution is -2.39. The highest BCUT2D eigenvalue weighted by molar-refractivity contribution is 14.0. The molecule has 152 valence electrons. The van der Waals surface area contributed by atoms with Gasteiger partial charge in [0, 0.05) is 37.5 Å². The quantitative estimate of drug-likeness (QED) is 0.340. The van der Waals surface area contributed by atoms with Crippen LogP contribution < -0.4 is 10.6 Å². The largest absolute Gasteiger partial charge is 0.357 e. The van der Waals surface area contributed by atoms with Crippen LogP contribution in [0.15, 0.2) is 29.3 Å². The molecule has 1 aliphatic heterocycles. The molecule has 0 radical (unpaired) electrons. The number of amides is 1. The normalized spacial score (nSPS) is 19.3. The molecule has 0 aliphatic carbocycles. The van der Waals surface area contributed by atoms with Crippen LogP contribution in [0.25, 0.3) is 0 Å². The van der Waals surface area contributed by atoms with Gasteiger partial charge in [0.1, 0.15) is 0 Å². The molecule has 1 unspecified atom stereocenters. The lowest BCUT2D eigenvalue weighted by molar-refractivity contribution is 0.0827. The molecule has 1 saturated heterocycles. The van der Waals surface area contributed by atoms with Gasteiger partial charge in [0.15, 0.2) is 5.96 Å². The van der Waals surface area contributed by atoms with Crippen molar-refractivity contribution >= 4 is 47.6 Å². The number of halogens is 1. The van der Waals surface area contributed by atoms with Crippen molar-refractivity contribution in [2.24, 2.45) is 4.99 Å². The van der Waals surface area contributed by atoms with Crippen LogP contribution in [0.4, 0.5) is 0 Å². The summed E-state index contributed by atoms with van der Waals surface area (Å²) in [7, 11) is 3.55. The molecule has 0 spiro atoms. The van der Waals surface area contributed by atoms with Crippen LogP contribution in [-0.4, -0.2) is 61.0 Å². The van der Waals surface area contributed by atoms with Crippen molar-refractivity contribution in [2.45, 2.75) is 37.9 Å². The Morgan fingerprint density at radius 1 is 1.33 bits per heavy atom. The minimum absolute atomic E-state index is 0. The average molecular weight is 504 g/mol. The second-order valence-corrected chi connectivity index (χ2v) is 8.86. The Kier molecular flexibility index (Phi) is 10.5. The van der Waals surface area contributed by atoms with E-state index < -0.39 is 0 Å². The molecule has 1 aliphatic rings. The molecular weight excluding hydrogens is 471 g/mol. The summed E-state index contributed by atoms with van der Waals surface area (Å²) in [6, 6.07) is 7.85. The summed E-state index contributed by atoms with van der Waals surface area (Å²) < 4.78 is 0.281. The maximum atomic E-state index is 12.1. The Bertz CT molecular complexity index is 630. The monoisotopic (exact) mass is 504 g/mol. The van der Waals surface area contributed by atoms with Crippen molar-refractivity contribution < 1.29 is 4.79 Å². The van der Waals surface area contributed by atoms with Gasteiger partial charge >= 0.3 is 0 Å². The summed E-state index contributed by atoms with van der Waals surface area (Å²) in [6.45, 7) is 6.88. The Morgan fingerprint density at radius 2 is 2.11 bits per heavy atom. The molecule has 1 heterocycles. The van der Waals surface area contributed by atoms with Gasteiger partial charge < -0.3 is 15.5 Å². The van der Waals surface area contributed by atoms with Crippen LogP contribution in [0.2, 0.25) is 0 Å². The molecule has 0 bridgehead atoms. The molecule has 2 N–H and O–H groups in total. The number of hydrogen-bond donors (Lipinski definition) is 2. The number of rotatable bonds is 7. The number of nitrogens with one attached hydrogen (secondary N) is 2. The van der Waals surface area contributed by atoms with Gasteiger partial charge in [-0.3, -0.25) is 9.79 Å². The van der Waals surface area contributed by atoms with Crippen LogP contribution in [0.5, 0.6) is 0 Å². The third-order valence-corrected chi connectivity index (χ3v) is 6.03. The predicted octanol–water partition coefficient (Wildman–Crippen LogP) is 3.39. The third kappa shape index (κ3) is 7.89. The molecule has 1 atom stereocenters. The number of guanidine groups is 1. The Morgan fingerprint density at radius 3 is 2.74 bits per heavy atom. The van der Waals surface area contributed by atoms with E-state index in [0.717, 1.165) is 43.1 Å². The molecule has 1 fully saturated rings. The van der Waals surface area contributed by atoms with E-state index in [1.54, 1.807) is 19.0 Å². The number of carbonyl (C=O) groups excluding carboxylic acids is 1. The van der Waals surface area contributed by atoms with E-state index in [4.69, 9.17) is 4.99 Å². The highest BCUT2D eigenvalue weighted by Crippen LogP contribution is 2.37. The lowest BCUT2D eigenvalue weighted by atomic mass is 10.1. The first-order valence-electron chi connectivity index (χ1n) is 9.40. The van der Waals surface area contributed by atoms with E-state index in [2.05, 4.69) is 30.5 Å². The Hall–Kier alpha value is -0.960. The fourth-order valence-corrected chi connectivity index (χ4v) is 4.22. The molecule has 1 aromatic carbocycles. The van der Waals surface area contributed by atoms with Gasteiger partial charge in [-0.25, -0.2) is 0 Å². The molecule has 2 rings (SSSR count). The van der Waals surface area contributed by atoms with Gasteiger partial charge in [-0.05, 0) is 56.6 Å². The second kappa shape index (κ2) is 11.8. The fourth-order valence-electron chi connectivity index (χ4n) is 2.99. The van der Waals surface area contributed by atoms with E-state index >= 15 is 0 Å². The Balaban J connectivity index is 0.00000364. The zero-order valence-corrected chi connectivity index (χ0v) is 20.0. The highest BCUT2D eigenvalue weighted by atomic mass is 127. The van der Waals surface area contributed by atoms with E-state index in [-0.39, 0.29) is 34.6 Å². The number of benzene rings is 1. The van der Waals surface area contributed by atoms with E-state index in [1.165, 1.54) is 18.6 Å². The summed E-state index contributed by atoms with van der Waals surface area (Å²) in [4.78, 5) is 18.5. The standard InChI is InChI=1S/C20H32N4OS.HI/c1-5-21-19(23-15-20(2)11-7-13-26-20)22-12-10-16-8-6-9-17(14-16)18(25)24(3)4;/h6,8-9,14H,5,7,10-13,15H2,1-4H3,(H2,21,22,23);1H.